The van der Waals surface area contributed by atoms with Crippen LogP contribution in [-0.4, -0.2) is 35.3 Å². The number of likely N-dealkylation sites (tertiary alicyclic amines) is 1. The second kappa shape index (κ2) is 7.00. The van der Waals surface area contributed by atoms with E-state index in [4.69, 9.17) is 15.2 Å². The molecule has 23 heavy (non-hydrogen) atoms. The largest absolute Gasteiger partial charge is 0.460 e. The zero-order chi connectivity index (χ0) is 17.0. The van der Waals surface area contributed by atoms with Crippen molar-refractivity contribution in [1.29, 1.82) is 0 Å². The van der Waals surface area contributed by atoms with Crippen LogP contribution in [0.15, 0.2) is 30.3 Å². The SMILES string of the molecule is CC(C)(C)OC(=O)[C@H]1CCN(C(=O)OCc2ccccc2)[C@@H]1N. The average molecular weight is 320 g/mol. The summed E-state index contributed by atoms with van der Waals surface area (Å²) in [4.78, 5) is 25.7. The second-order valence-electron chi connectivity index (χ2n) is 6.65. The van der Waals surface area contributed by atoms with Gasteiger partial charge in [0.2, 0.25) is 0 Å². The first-order chi connectivity index (χ1) is 10.8. The summed E-state index contributed by atoms with van der Waals surface area (Å²) in [6, 6.07) is 9.40. The van der Waals surface area contributed by atoms with Crippen molar-refractivity contribution in [2.24, 2.45) is 11.7 Å². The fourth-order valence-electron chi connectivity index (χ4n) is 2.47. The number of nitrogens with two attached hydrogens (primary N) is 1. The summed E-state index contributed by atoms with van der Waals surface area (Å²) < 4.78 is 10.6. The standard InChI is InChI=1S/C17H24N2O4/c1-17(2,3)23-15(20)13-9-10-19(14(13)18)16(21)22-11-12-7-5-4-6-8-12/h4-8,13-14H,9-11,18H2,1-3H3/t13-,14-/m0/s1. The molecule has 6 nitrogen and oxygen atoms in total. The average Bonchev–Trinajstić information content (AvgIpc) is 2.86. The van der Waals surface area contributed by atoms with E-state index in [1.165, 1.54) is 4.90 Å². The number of rotatable bonds is 3. The van der Waals surface area contributed by atoms with Gasteiger partial charge in [-0.3, -0.25) is 9.69 Å². The Hall–Kier alpha value is -2.08. The molecule has 0 saturated carbocycles. The third-order valence-electron chi connectivity index (χ3n) is 3.60. The number of hydrogen-bond donors (Lipinski definition) is 1. The first kappa shape index (κ1) is 17.3. The molecule has 0 aromatic heterocycles. The Morgan fingerprint density at radius 1 is 1.26 bits per heavy atom. The minimum Gasteiger partial charge on any atom is -0.460 e. The lowest BCUT2D eigenvalue weighted by Crippen LogP contribution is -2.47. The molecule has 0 bridgehead atoms. The van der Waals surface area contributed by atoms with Crippen LogP contribution in [0.1, 0.15) is 32.8 Å². The van der Waals surface area contributed by atoms with Crippen molar-refractivity contribution in [3.8, 4) is 0 Å². The molecule has 1 aromatic carbocycles. The van der Waals surface area contributed by atoms with Crippen molar-refractivity contribution >= 4 is 12.1 Å². The molecule has 1 aliphatic heterocycles. The van der Waals surface area contributed by atoms with Gasteiger partial charge in [0, 0.05) is 6.54 Å². The Kier molecular flexibility index (Phi) is 5.26. The number of carbonyl (C=O) groups excluding carboxylic acids is 2. The minimum absolute atomic E-state index is 0.181. The zero-order valence-electron chi connectivity index (χ0n) is 13.8. The highest BCUT2D eigenvalue weighted by Crippen LogP contribution is 2.25. The molecular formula is C17H24N2O4. The summed E-state index contributed by atoms with van der Waals surface area (Å²) in [7, 11) is 0. The number of carbonyl (C=O) groups is 2. The predicted molar refractivity (Wildman–Crippen MR) is 85.3 cm³/mol. The van der Waals surface area contributed by atoms with Gasteiger partial charge in [0.25, 0.3) is 0 Å². The van der Waals surface area contributed by atoms with Gasteiger partial charge in [0.05, 0.1) is 12.1 Å². The number of amides is 1. The molecule has 0 radical (unpaired) electrons. The van der Waals surface area contributed by atoms with Crippen molar-refractivity contribution in [2.45, 2.75) is 45.6 Å². The molecule has 6 heteroatoms. The Balaban J connectivity index is 1.89. The van der Waals surface area contributed by atoms with E-state index in [1.807, 2.05) is 30.3 Å². The monoisotopic (exact) mass is 320 g/mol. The van der Waals surface area contributed by atoms with Crippen LogP contribution in [0.25, 0.3) is 0 Å². The van der Waals surface area contributed by atoms with Crippen LogP contribution >= 0.6 is 0 Å². The van der Waals surface area contributed by atoms with E-state index in [0.717, 1.165) is 5.56 Å². The Bertz CT molecular complexity index is 553. The van der Waals surface area contributed by atoms with Gasteiger partial charge in [-0.2, -0.15) is 0 Å². The molecule has 1 heterocycles. The van der Waals surface area contributed by atoms with Gasteiger partial charge in [0.15, 0.2) is 0 Å². The van der Waals surface area contributed by atoms with Crippen LogP contribution in [0, 0.1) is 5.92 Å². The molecule has 1 fully saturated rings. The topological polar surface area (TPSA) is 81.9 Å². The molecule has 0 spiro atoms. The van der Waals surface area contributed by atoms with E-state index >= 15 is 0 Å². The molecule has 2 rings (SSSR count). The summed E-state index contributed by atoms with van der Waals surface area (Å²) in [5.41, 5.74) is 6.37. The highest BCUT2D eigenvalue weighted by atomic mass is 16.6. The first-order valence-corrected chi connectivity index (χ1v) is 7.74. The lowest BCUT2D eigenvalue weighted by molar-refractivity contribution is -0.160. The summed E-state index contributed by atoms with van der Waals surface area (Å²) >= 11 is 0. The molecular weight excluding hydrogens is 296 g/mol. The summed E-state index contributed by atoms with van der Waals surface area (Å²) in [6.07, 6.45) is -0.739. The smallest absolute Gasteiger partial charge is 0.411 e. The van der Waals surface area contributed by atoms with Gasteiger partial charge in [0.1, 0.15) is 12.2 Å². The normalized spacial score (nSPS) is 21.1. The van der Waals surface area contributed by atoms with Gasteiger partial charge in [-0.25, -0.2) is 4.79 Å². The lowest BCUT2D eigenvalue weighted by atomic mass is 10.1. The number of ether oxygens (including phenoxy) is 2. The van der Waals surface area contributed by atoms with Crippen LogP contribution in [-0.2, 0) is 20.9 Å². The van der Waals surface area contributed by atoms with E-state index in [-0.39, 0.29) is 12.6 Å². The maximum absolute atomic E-state index is 12.2. The maximum Gasteiger partial charge on any atom is 0.411 e. The molecule has 0 aliphatic carbocycles. The Labute approximate surface area is 136 Å². The van der Waals surface area contributed by atoms with Gasteiger partial charge < -0.3 is 15.2 Å². The molecule has 2 atom stereocenters. The summed E-state index contributed by atoms with van der Waals surface area (Å²) in [5, 5.41) is 0. The van der Waals surface area contributed by atoms with E-state index in [9.17, 15) is 9.59 Å². The van der Waals surface area contributed by atoms with Crippen LogP contribution in [0.4, 0.5) is 4.79 Å². The zero-order valence-corrected chi connectivity index (χ0v) is 13.8. The second-order valence-corrected chi connectivity index (χ2v) is 6.65. The van der Waals surface area contributed by atoms with Crippen LogP contribution in [0.5, 0.6) is 0 Å². The van der Waals surface area contributed by atoms with Crippen LogP contribution in [0.2, 0.25) is 0 Å². The van der Waals surface area contributed by atoms with Crippen LogP contribution < -0.4 is 5.73 Å². The molecule has 1 aromatic rings. The van der Waals surface area contributed by atoms with Crippen molar-refractivity contribution in [2.75, 3.05) is 6.54 Å². The predicted octanol–water partition coefficient (Wildman–Crippen LogP) is 2.27. The first-order valence-electron chi connectivity index (χ1n) is 7.74. The van der Waals surface area contributed by atoms with Crippen molar-refractivity contribution in [1.82, 2.24) is 4.90 Å². The van der Waals surface area contributed by atoms with E-state index in [1.54, 1.807) is 20.8 Å². The van der Waals surface area contributed by atoms with Crippen molar-refractivity contribution < 1.29 is 19.1 Å². The number of nitrogens with zero attached hydrogens (tertiary/aromatic N) is 1. The molecule has 126 valence electrons. The fraction of sp³-hybridized carbons (Fsp3) is 0.529. The fourth-order valence-corrected chi connectivity index (χ4v) is 2.47. The Morgan fingerprint density at radius 2 is 1.91 bits per heavy atom. The highest BCUT2D eigenvalue weighted by Gasteiger charge is 2.41. The lowest BCUT2D eigenvalue weighted by Gasteiger charge is -2.26. The van der Waals surface area contributed by atoms with Gasteiger partial charge in [-0.1, -0.05) is 30.3 Å². The minimum atomic E-state index is -0.715. The molecule has 0 unspecified atom stereocenters. The third-order valence-corrected chi connectivity index (χ3v) is 3.60. The molecule has 1 aliphatic rings. The molecule has 1 amide bonds. The third kappa shape index (κ3) is 4.69. The number of hydrogen-bond acceptors (Lipinski definition) is 5. The highest BCUT2D eigenvalue weighted by molar-refractivity contribution is 5.76. The Morgan fingerprint density at radius 3 is 2.52 bits per heavy atom. The van der Waals surface area contributed by atoms with Crippen molar-refractivity contribution in [3.63, 3.8) is 0 Å². The number of esters is 1. The van der Waals surface area contributed by atoms with E-state index in [2.05, 4.69) is 0 Å². The van der Waals surface area contributed by atoms with Gasteiger partial charge in [-0.15, -0.1) is 0 Å². The van der Waals surface area contributed by atoms with E-state index in [0.29, 0.717) is 13.0 Å². The molecule has 1 saturated heterocycles. The van der Waals surface area contributed by atoms with Gasteiger partial charge >= 0.3 is 12.1 Å². The maximum atomic E-state index is 12.2. The summed E-state index contributed by atoms with van der Waals surface area (Å²) in [5.74, 6) is -0.887. The van der Waals surface area contributed by atoms with Gasteiger partial charge in [-0.05, 0) is 32.8 Å². The van der Waals surface area contributed by atoms with Crippen LogP contribution in [0.3, 0.4) is 0 Å². The van der Waals surface area contributed by atoms with Crippen molar-refractivity contribution in [3.05, 3.63) is 35.9 Å². The molecule has 2 N–H and O–H groups in total. The van der Waals surface area contributed by atoms with E-state index < -0.39 is 23.8 Å². The quantitative estimate of drug-likeness (QED) is 0.864. The number of benzene rings is 1. The summed E-state index contributed by atoms with van der Waals surface area (Å²) in [6.45, 7) is 5.98.